The molecule has 7 nitrogen and oxygen atoms in total. The molecular formula is C14H22F3N5O2. The maximum absolute atomic E-state index is 12.5. The van der Waals surface area contributed by atoms with Crippen LogP contribution in [0, 0.1) is 0 Å². The van der Waals surface area contributed by atoms with Gasteiger partial charge in [0.15, 0.2) is 0 Å². The predicted molar refractivity (Wildman–Crippen MR) is 82.5 cm³/mol. The second-order valence-corrected chi connectivity index (χ2v) is 5.68. The summed E-state index contributed by atoms with van der Waals surface area (Å²) in [5.41, 5.74) is 6.42. The number of carbonyl (C=O) groups excluding carboxylic acids is 1. The van der Waals surface area contributed by atoms with Gasteiger partial charge in [-0.3, -0.25) is 9.48 Å². The summed E-state index contributed by atoms with van der Waals surface area (Å²) in [5, 5.41) is 6.14. The molecule has 0 aromatic carbocycles. The molecule has 1 amide bonds. The molecule has 1 aromatic heterocycles. The molecule has 0 saturated carbocycles. The Morgan fingerprint density at radius 1 is 1.46 bits per heavy atom. The highest BCUT2D eigenvalue weighted by Gasteiger charge is 2.41. The Bertz CT molecular complexity index is 556. The van der Waals surface area contributed by atoms with Crippen molar-refractivity contribution in [2.24, 2.45) is 7.05 Å². The second kappa shape index (κ2) is 7.29. The van der Waals surface area contributed by atoms with Gasteiger partial charge in [-0.15, -0.1) is 0 Å². The number of nitrogens with one attached hydrogen (secondary N) is 1. The zero-order valence-electron chi connectivity index (χ0n) is 13.6. The molecule has 136 valence electrons. The second-order valence-electron chi connectivity index (χ2n) is 5.68. The molecule has 1 aliphatic rings. The number of amides is 1. The van der Waals surface area contributed by atoms with Gasteiger partial charge in [-0.2, -0.15) is 18.3 Å². The van der Waals surface area contributed by atoms with Crippen LogP contribution in [-0.2, 0) is 16.6 Å². The van der Waals surface area contributed by atoms with Crippen molar-refractivity contribution < 1.29 is 22.7 Å². The van der Waals surface area contributed by atoms with Crippen LogP contribution in [0.4, 0.5) is 24.7 Å². The summed E-state index contributed by atoms with van der Waals surface area (Å²) in [6, 6.07) is -0.710. The first-order valence-corrected chi connectivity index (χ1v) is 7.75. The highest BCUT2D eigenvalue weighted by molar-refractivity contribution is 5.82. The maximum atomic E-state index is 12.5. The number of hydrogen-bond acceptors (Lipinski definition) is 5. The SMILES string of the molecule is CCOC1CCN(c2c(N)cnn2C)CCC1NC(=O)C(F)(F)F. The smallest absolute Gasteiger partial charge is 0.394 e. The van der Waals surface area contributed by atoms with Gasteiger partial charge in [0.1, 0.15) is 5.82 Å². The number of carbonyl (C=O) groups is 1. The van der Waals surface area contributed by atoms with Crippen LogP contribution in [0.25, 0.3) is 0 Å². The number of alkyl halides is 3. The van der Waals surface area contributed by atoms with Gasteiger partial charge in [0.2, 0.25) is 0 Å². The number of aryl methyl sites for hydroxylation is 1. The largest absolute Gasteiger partial charge is 0.471 e. The number of hydrogen-bond donors (Lipinski definition) is 2. The zero-order chi connectivity index (χ0) is 17.9. The Hall–Kier alpha value is -1.97. The van der Waals surface area contributed by atoms with Crippen LogP contribution < -0.4 is 16.0 Å². The van der Waals surface area contributed by atoms with Crippen molar-refractivity contribution in [1.29, 1.82) is 0 Å². The fraction of sp³-hybridized carbons (Fsp3) is 0.714. The third kappa shape index (κ3) is 4.11. The number of nitrogen functional groups attached to an aromatic ring is 1. The van der Waals surface area contributed by atoms with Crippen molar-refractivity contribution in [2.75, 3.05) is 30.3 Å². The third-order valence-electron chi connectivity index (χ3n) is 4.03. The number of nitrogens with two attached hydrogens (primary N) is 1. The number of ether oxygens (including phenoxy) is 1. The van der Waals surface area contributed by atoms with Gasteiger partial charge in [-0.25, -0.2) is 0 Å². The van der Waals surface area contributed by atoms with Crippen LogP contribution in [-0.4, -0.2) is 53.7 Å². The molecule has 0 aliphatic carbocycles. The summed E-state index contributed by atoms with van der Waals surface area (Å²) in [6.07, 6.45) is -3.07. The van der Waals surface area contributed by atoms with Crippen LogP contribution in [0.3, 0.4) is 0 Å². The van der Waals surface area contributed by atoms with E-state index in [4.69, 9.17) is 10.5 Å². The molecule has 2 heterocycles. The van der Waals surface area contributed by atoms with Gasteiger partial charge in [0.05, 0.1) is 24.0 Å². The van der Waals surface area contributed by atoms with Crippen LogP contribution in [0.1, 0.15) is 19.8 Å². The highest BCUT2D eigenvalue weighted by Crippen LogP contribution is 2.26. The number of aromatic nitrogens is 2. The van der Waals surface area contributed by atoms with E-state index in [1.54, 1.807) is 18.7 Å². The summed E-state index contributed by atoms with van der Waals surface area (Å²) in [4.78, 5) is 13.2. The van der Waals surface area contributed by atoms with Crippen molar-refractivity contribution in [1.82, 2.24) is 15.1 Å². The molecule has 2 unspecified atom stereocenters. The minimum atomic E-state index is -4.91. The lowest BCUT2D eigenvalue weighted by Gasteiger charge is -2.25. The zero-order valence-corrected chi connectivity index (χ0v) is 13.6. The van der Waals surface area contributed by atoms with Crippen molar-refractivity contribution >= 4 is 17.4 Å². The van der Waals surface area contributed by atoms with E-state index in [9.17, 15) is 18.0 Å². The number of anilines is 2. The molecule has 1 fully saturated rings. The molecule has 1 aliphatic heterocycles. The monoisotopic (exact) mass is 349 g/mol. The molecule has 1 aromatic rings. The average molecular weight is 349 g/mol. The van der Waals surface area contributed by atoms with E-state index < -0.39 is 24.2 Å². The Kier molecular flexibility index (Phi) is 5.58. The molecule has 2 atom stereocenters. The molecule has 10 heteroatoms. The first-order valence-electron chi connectivity index (χ1n) is 7.75. The summed E-state index contributed by atoms with van der Waals surface area (Å²) < 4.78 is 44.8. The Labute approximate surface area is 137 Å². The fourth-order valence-corrected chi connectivity index (χ4v) is 2.95. The van der Waals surface area contributed by atoms with Crippen LogP contribution in [0.15, 0.2) is 6.20 Å². The number of nitrogens with zero attached hydrogens (tertiary/aromatic N) is 3. The normalized spacial score (nSPS) is 22.3. The topological polar surface area (TPSA) is 85.4 Å². The summed E-state index contributed by atoms with van der Waals surface area (Å²) in [5.74, 6) is -1.22. The van der Waals surface area contributed by atoms with Gasteiger partial charge < -0.3 is 20.7 Å². The van der Waals surface area contributed by atoms with Crippen molar-refractivity contribution in [3.63, 3.8) is 0 Å². The average Bonchev–Trinajstić information content (AvgIpc) is 2.71. The molecule has 1 saturated heterocycles. The van der Waals surface area contributed by atoms with E-state index in [1.807, 2.05) is 4.90 Å². The lowest BCUT2D eigenvalue weighted by Crippen LogP contribution is -2.49. The Morgan fingerprint density at radius 3 is 2.67 bits per heavy atom. The first kappa shape index (κ1) is 18.4. The molecule has 2 rings (SSSR count). The van der Waals surface area contributed by atoms with Crippen LogP contribution >= 0.6 is 0 Å². The first-order chi connectivity index (χ1) is 11.2. The minimum absolute atomic E-state index is 0.317. The lowest BCUT2D eigenvalue weighted by molar-refractivity contribution is -0.175. The van der Waals surface area contributed by atoms with Gasteiger partial charge in [-0.05, 0) is 19.8 Å². The van der Waals surface area contributed by atoms with Crippen molar-refractivity contribution in [3.05, 3.63) is 6.20 Å². The van der Waals surface area contributed by atoms with E-state index >= 15 is 0 Å². The molecule has 24 heavy (non-hydrogen) atoms. The van der Waals surface area contributed by atoms with E-state index in [0.717, 1.165) is 0 Å². The van der Waals surface area contributed by atoms with E-state index in [0.29, 0.717) is 44.0 Å². The molecule has 0 bridgehead atoms. The van der Waals surface area contributed by atoms with E-state index in [-0.39, 0.29) is 0 Å². The Morgan fingerprint density at radius 2 is 2.12 bits per heavy atom. The third-order valence-corrected chi connectivity index (χ3v) is 4.03. The number of halogens is 3. The van der Waals surface area contributed by atoms with Crippen LogP contribution in [0.5, 0.6) is 0 Å². The molecule has 0 spiro atoms. The van der Waals surface area contributed by atoms with E-state index in [1.165, 1.54) is 6.20 Å². The number of rotatable bonds is 4. The summed E-state index contributed by atoms with van der Waals surface area (Å²) in [7, 11) is 1.75. The van der Waals surface area contributed by atoms with Gasteiger partial charge in [0, 0.05) is 26.7 Å². The minimum Gasteiger partial charge on any atom is -0.394 e. The predicted octanol–water partition coefficient (Wildman–Crippen LogP) is 1.05. The molecule has 3 N–H and O–H groups in total. The quantitative estimate of drug-likeness (QED) is 0.849. The van der Waals surface area contributed by atoms with Crippen LogP contribution in [0.2, 0.25) is 0 Å². The standard InChI is InChI=1S/C14H22F3N5O2/c1-3-24-11-5-7-22(12-9(18)8-19-21(12)2)6-4-10(11)20-13(23)14(15,16)17/h8,10-11H,3-7,18H2,1-2H3,(H,20,23). The van der Waals surface area contributed by atoms with Gasteiger partial charge in [0.25, 0.3) is 0 Å². The fourth-order valence-electron chi connectivity index (χ4n) is 2.95. The summed E-state index contributed by atoms with van der Waals surface area (Å²) in [6.45, 7) is 3.12. The Balaban J connectivity index is 2.13. The van der Waals surface area contributed by atoms with Gasteiger partial charge in [-0.1, -0.05) is 0 Å². The van der Waals surface area contributed by atoms with Crippen molar-refractivity contribution in [3.8, 4) is 0 Å². The summed E-state index contributed by atoms with van der Waals surface area (Å²) >= 11 is 0. The highest BCUT2D eigenvalue weighted by atomic mass is 19.4. The van der Waals surface area contributed by atoms with Crippen molar-refractivity contribution in [2.45, 2.75) is 38.1 Å². The maximum Gasteiger partial charge on any atom is 0.471 e. The van der Waals surface area contributed by atoms with Gasteiger partial charge >= 0.3 is 12.1 Å². The lowest BCUT2D eigenvalue weighted by atomic mass is 10.1. The van der Waals surface area contributed by atoms with E-state index in [2.05, 4.69) is 10.4 Å². The molecular weight excluding hydrogens is 327 g/mol. The molecule has 0 radical (unpaired) electrons.